The van der Waals surface area contributed by atoms with Crippen molar-refractivity contribution in [3.05, 3.63) is 194 Å². The third-order valence-electron chi connectivity index (χ3n) is 11.2. The van der Waals surface area contributed by atoms with Crippen LogP contribution in [-0.2, 0) is 0 Å². The lowest BCUT2D eigenvalue weighted by Crippen LogP contribution is -1.95. The third-order valence-corrected chi connectivity index (χ3v) is 12.3. The minimum absolute atomic E-state index is 0.00629. The summed E-state index contributed by atoms with van der Waals surface area (Å²) in [7, 11) is 0. The van der Waals surface area contributed by atoms with E-state index in [4.69, 9.17) is 0 Å². The van der Waals surface area contributed by atoms with Crippen LogP contribution in [0.5, 0.6) is 0 Å². The largest absolute Gasteiger partial charge is 0.206 e. The molecule has 0 N–H and O–H groups in total. The Morgan fingerprint density at radius 1 is 0.255 bits per heavy atom. The van der Waals surface area contributed by atoms with E-state index in [9.17, 15) is 0 Å². The van der Waals surface area contributed by atoms with E-state index < -0.39 is 11.6 Å². The van der Waals surface area contributed by atoms with Crippen LogP contribution >= 0.6 is 11.3 Å². The SMILES string of the molecule is Fc1cccc(F)c1-c1c2ccccc2c(-c2ccc3sc4cc(-c5c6ccccc6c(-c6ccccc6)c6ccccc56)ccc4c3c2)c2ccccc12. The van der Waals surface area contributed by atoms with Crippen LogP contribution in [0, 0.1) is 11.6 Å². The quantitative estimate of drug-likeness (QED) is 0.159. The maximum atomic E-state index is 15.4. The molecule has 55 heavy (non-hydrogen) atoms. The van der Waals surface area contributed by atoms with Gasteiger partial charge in [-0.3, -0.25) is 0 Å². The molecule has 0 saturated heterocycles. The van der Waals surface area contributed by atoms with Gasteiger partial charge in [-0.05, 0) is 107 Å². The van der Waals surface area contributed by atoms with Gasteiger partial charge in [-0.15, -0.1) is 11.3 Å². The second-order valence-corrected chi connectivity index (χ2v) is 15.3. The molecule has 0 atom stereocenters. The van der Waals surface area contributed by atoms with Crippen LogP contribution in [0.15, 0.2) is 182 Å². The fourth-order valence-electron chi connectivity index (χ4n) is 8.89. The molecular weight excluding hydrogens is 695 g/mol. The Balaban J connectivity index is 1.13. The van der Waals surface area contributed by atoms with Gasteiger partial charge in [-0.25, -0.2) is 8.78 Å². The van der Waals surface area contributed by atoms with Gasteiger partial charge in [0.2, 0.25) is 0 Å². The van der Waals surface area contributed by atoms with E-state index >= 15 is 8.78 Å². The van der Waals surface area contributed by atoms with Crippen molar-refractivity contribution in [1.82, 2.24) is 0 Å². The summed E-state index contributed by atoms with van der Waals surface area (Å²) in [6.45, 7) is 0. The Kier molecular flexibility index (Phi) is 7.20. The van der Waals surface area contributed by atoms with E-state index in [1.54, 1.807) is 0 Å². The maximum Gasteiger partial charge on any atom is 0.134 e. The minimum atomic E-state index is -0.568. The number of benzene rings is 10. The first-order chi connectivity index (χ1) is 27.1. The molecule has 0 unspecified atom stereocenters. The molecule has 11 aromatic rings. The number of thiophene rings is 1. The highest BCUT2D eigenvalue weighted by Crippen LogP contribution is 2.48. The summed E-state index contributed by atoms with van der Waals surface area (Å²) in [5.41, 5.74) is 7.63. The maximum absolute atomic E-state index is 15.4. The molecule has 0 aliphatic heterocycles. The highest BCUT2D eigenvalue weighted by atomic mass is 32.1. The molecule has 0 aliphatic carbocycles. The lowest BCUT2D eigenvalue weighted by Gasteiger charge is -2.18. The first-order valence-corrected chi connectivity index (χ1v) is 19.3. The summed E-state index contributed by atoms with van der Waals surface area (Å²) in [5, 5.41) is 10.9. The Morgan fingerprint density at radius 3 is 1.18 bits per heavy atom. The second kappa shape index (κ2) is 12.4. The molecule has 0 spiro atoms. The van der Waals surface area contributed by atoms with Crippen LogP contribution in [0.3, 0.4) is 0 Å². The summed E-state index contributed by atoms with van der Waals surface area (Å²) in [5.74, 6) is -1.14. The third kappa shape index (κ3) is 4.87. The van der Waals surface area contributed by atoms with Gasteiger partial charge in [0.1, 0.15) is 11.6 Å². The van der Waals surface area contributed by atoms with Gasteiger partial charge in [0.15, 0.2) is 0 Å². The number of hydrogen-bond acceptors (Lipinski definition) is 1. The van der Waals surface area contributed by atoms with Crippen molar-refractivity contribution in [1.29, 1.82) is 0 Å². The lowest BCUT2D eigenvalue weighted by atomic mass is 9.85. The molecule has 10 aromatic carbocycles. The predicted octanol–water partition coefficient (Wildman–Crippen LogP) is 15.6. The van der Waals surface area contributed by atoms with Crippen LogP contribution in [0.2, 0.25) is 0 Å². The Bertz CT molecular complexity index is 3210. The van der Waals surface area contributed by atoms with Crippen molar-refractivity contribution in [3.8, 4) is 44.5 Å². The molecule has 0 fully saturated rings. The molecule has 0 nitrogen and oxygen atoms in total. The van der Waals surface area contributed by atoms with Crippen LogP contribution in [-0.4, -0.2) is 0 Å². The van der Waals surface area contributed by atoms with Crippen molar-refractivity contribution in [3.63, 3.8) is 0 Å². The van der Waals surface area contributed by atoms with Gasteiger partial charge in [0, 0.05) is 25.7 Å². The average molecular weight is 725 g/mol. The number of halogens is 2. The van der Waals surface area contributed by atoms with E-state index in [2.05, 4.69) is 127 Å². The Labute approximate surface area is 320 Å². The van der Waals surface area contributed by atoms with Crippen molar-refractivity contribution >= 4 is 74.6 Å². The molecular formula is C52H30F2S. The van der Waals surface area contributed by atoms with E-state index in [1.807, 2.05) is 47.7 Å². The Morgan fingerprint density at radius 2 is 0.673 bits per heavy atom. The molecule has 0 bridgehead atoms. The van der Waals surface area contributed by atoms with E-state index in [1.165, 1.54) is 82.2 Å². The van der Waals surface area contributed by atoms with Crippen LogP contribution in [0.4, 0.5) is 8.78 Å². The molecule has 258 valence electrons. The van der Waals surface area contributed by atoms with Crippen molar-refractivity contribution < 1.29 is 8.78 Å². The normalized spacial score (nSPS) is 11.8. The molecule has 3 heteroatoms. The monoisotopic (exact) mass is 724 g/mol. The highest BCUT2D eigenvalue weighted by Gasteiger charge is 2.22. The van der Waals surface area contributed by atoms with Gasteiger partial charge < -0.3 is 0 Å². The first-order valence-electron chi connectivity index (χ1n) is 18.5. The summed E-state index contributed by atoms with van der Waals surface area (Å²) >= 11 is 1.81. The zero-order chi connectivity index (χ0) is 36.6. The first kappa shape index (κ1) is 31.8. The minimum Gasteiger partial charge on any atom is -0.206 e. The van der Waals surface area contributed by atoms with Gasteiger partial charge in [-0.2, -0.15) is 0 Å². The zero-order valence-electron chi connectivity index (χ0n) is 29.5. The molecule has 0 aliphatic rings. The molecule has 1 aromatic heterocycles. The molecule has 0 radical (unpaired) electrons. The number of fused-ring (bicyclic) bond motifs is 7. The van der Waals surface area contributed by atoms with Crippen LogP contribution in [0.25, 0.3) is 108 Å². The highest BCUT2D eigenvalue weighted by molar-refractivity contribution is 7.25. The van der Waals surface area contributed by atoms with Crippen molar-refractivity contribution in [2.24, 2.45) is 0 Å². The second-order valence-electron chi connectivity index (χ2n) is 14.2. The standard InChI is InChI=1S/C52H30F2S/c53-44-23-12-24-45(54)52(44)51-41-21-10-8-19-39(41)49(40-20-9-11-22-42(40)51)32-26-28-46-43(29-32)34-27-25-33(30-47(34)55-46)50-37-17-6-4-15-35(37)48(31-13-2-1-3-14-31)36-16-5-7-18-38(36)50/h1-30H. The molecule has 0 saturated carbocycles. The van der Waals surface area contributed by atoms with E-state index in [-0.39, 0.29) is 5.56 Å². The van der Waals surface area contributed by atoms with Crippen LogP contribution in [0.1, 0.15) is 0 Å². The van der Waals surface area contributed by atoms with Gasteiger partial charge >= 0.3 is 0 Å². The van der Waals surface area contributed by atoms with E-state index in [0.29, 0.717) is 5.56 Å². The lowest BCUT2D eigenvalue weighted by molar-refractivity contribution is 0.590. The van der Waals surface area contributed by atoms with Crippen LogP contribution < -0.4 is 0 Å². The average Bonchev–Trinajstić information content (AvgIpc) is 3.60. The number of hydrogen-bond donors (Lipinski definition) is 0. The topological polar surface area (TPSA) is 0 Å². The van der Waals surface area contributed by atoms with Gasteiger partial charge in [0.05, 0.1) is 5.56 Å². The fraction of sp³-hybridized carbons (Fsp3) is 0. The smallest absolute Gasteiger partial charge is 0.134 e. The summed E-state index contributed by atoms with van der Waals surface area (Å²) in [6, 6.07) is 62.0. The fourth-order valence-corrected chi connectivity index (χ4v) is 10.0. The summed E-state index contributed by atoms with van der Waals surface area (Å²) < 4.78 is 33.3. The summed E-state index contributed by atoms with van der Waals surface area (Å²) in [6.07, 6.45) is 0. The molecule has 0 amide bonds. The zero-order valence-corrected chi connectivity index (χ0v) is 30.3. The number of rotatable bonds is 4. The Hall–Kier alpha value is -6.68. The van der Waals surface area contributed by atoms with Crippen molar-refractivity contribution in [2.45, 2.75) is 0 Å². The van der Waals surface area contributed by atoms with Crippen molar-refractivity contribution in [2.75, 3.05) is 0 Å². The van der Waals surface area contributed by atoms with Gasteiger partial charge in [0.25, 0.3) is 0 Å². The van der Waals surface area contributed by atoms with E-state index in [0.717, 1.165) is 32.7 Å². The summed E-state index contributed by atoms with van der Waals surface area (Å²) in [4.78, 5) is 0. The molecule has 1 heterocycles. The predicted molar refractivity (Wildman–Crippen MR) is 231 cm³/mol. The molecule has 11 rings (SSSR count). The van der Waals surface area contributed by atoms with Gasteiger partial charge in [-0.1, -0.05) is 152 Å².